The van der Waals surface area contributed by atoms with Crippen LogP contribution < -0.4 is 15.6 Å². The summed E-state index contributed by atoms with van der Waals surface area (Å²) >= 11 is 0. The molecule has 120 valence electrons. The van der Waals surface area contributed by atoms with Gasteiger partial charge in [-0.05, 0) is 50.2 Å². The van der Waals surface area contributed by atoms with Crippen LogP contribution in [-0.4, -0.2) is 23.5 Å². The number of carbonyl (C=O) groups is 2. The summed E-state index contributed by atoms with van der Waals surface area (Å²) in [4.78, 5) is 24.0. The van der Waals surface area contributed by atoms with Crippen LogP contribution in [0.25, 0.3) is 0 Å². The second kappa shape index (κ2) is 7.31. The number of amides is 2. The number of rotatable bonds is 4. The van der Waals surface area contributed by atoms with Crippen LogP contribution in [0, 0.1) is 6.92 Å². The van der Waals surface area contributed by atoms with Crippen molar-refractivity contribution >= 4 is 11.8 Å². The van der Waals surface area contributed by atoms with Gasteiger partial charge < -0.3 is 9.84 Å². The van der Waals surface area contributed by atoms with Gasteiger partial charge >= 0.3 is 0 Å². The SMILES string of the molecule is CCOc1ccc(C(=O)NNC(=O)c2cc(C)ccc2O)cc1. The summed E-state index contributed by atoms with van der Waals surface area (Å²) in [7, 11) is 0. The lowest BCUT2D eigenvalue weighted by Gasteiger charge is -2.09. The van der Waals surface area contributed by atoms with Gasteiger partial charge in [0, 0.05) is 5.56 Å². The van der Waals surface area contributed by atoms with E-state index in [2.05, 4.69) is 10.9 Å². The van der Waals surface area contributed by atoms with Crippen molar-refractivity contribution in [2.45, 2.75) is 13.8 Å². The Morgan fingerprint density at radius 3 is 2.35 bits per heavy atom. The molecule has 2 aromatic rings. The van der Waals surface area contributed by atoms with Gasteiger partial charge in [-0.2, -0.15) is 0 Å². The maximum absolute atomic E-state index is 12.0. The van der Waals surface area contributed by atoms with E-state index in [-0.39, 0.29) is 11.3 Å². The van der Waals surface area contributed by atoms with Gasteiger partial charge in [0.05, 0.1) is 12.2 Å². The molecule has 0 aliphatic rings. The molecule has 23 heavy (non-hydrogen) atoms. The third kappa shape index (κ3) is 4.23. The molecule has 0 unspecified atom stereocenters. The molecule has 0 aromatic heterocycles. The zero-order valence-corrected chi connectivity index (χ0v) is 12.9. The molecule has 2 aromatic carbocycles. The lowest BCUT2D eigenvalue weighted by Crippen LogP contribution is -2.41. The number of hydrogen-bond donors (Lipinski definition) is 3. The van der Waals surface area contributed by atoms with Crippen LogP contribution in [0.3, 0.4) is 0 Å². The number of ether oxygens (including phenoxy) is 1. The van der Waals surface area contributed by atoms with Crippen molar-refractivity contribution in [1.82, 2.24) is 10.9 Å². The van der Waals surface area contributed by atoms with Gasteiger partial charge in [0.15, 0.2) is 0 Å². The molecule has 6 nitrogen and oxygen atoms in total. The van der Waals surface area contributed by atoms with Crippen LogP contribution in [0.2, 0.25) is 0 Å². The van der Waals surface area contributed by atoms with Crippen LogP contribution in [0.5, 0.6) is 11.5 Å². The van der Waals surface area contributed by atoms with Crippen LogP contribution in [0.1, 0.15) is 33.2 Å². The quantitative estimate of drug-likeness (QED) is 0.755. The Labute approximate surface area is 134 Å². The zero-order valence-electron chi connectivity index (χ0n) is 12.9. The fourth-order valence-electron chi connectivity index (χ4n) is 1.95. The number of benzene rings is 2. The minimum atomic E-state index is -0.592. The number of phenolic OH excluding ortho intramolecular Hbond substituents is 1. The smallest absolute Gasteiger partial charge is 0.273 e. The topological polar surface area (TPSA) is 87.7 Å². The third-order valence-corrected chi connectivity index (χ3v) is 3.11. The molecule has 0 atom stereocenters. The minimum absolute atomic E-state index is 0.0944. The molecule has 2 amide bonds. The summed E-state index contributed by atoms with van der Waals surface area (Å²) in [5, 5.41) is 9.68. The van der Waals surface area contributed by atoms with Gasteiger partial charge in [0.1, 0.15) is 11.5 Å². The van der Waals surface area contributed by atoms with Gasteiger partial charge in [-0.1, -0.05) is 11.6 Å². The number of aromatic hydroxyl groups is 1. The van der Waals surface area contributed by atoms with Crippen molar-refractivity contribution in [3.63, 3.8) is 0 Å². The summed E-state index contributed by atoms with van der Waals surface area (Å²) in [6.07, 6.45) is 0. The lowest BCUT2D eigenvalue weighted by atomic mass is 10.1. The number of carbonyl (C=O) groups excluding carboxylic acids is 2. The standard InChI is InChI=1S/C17H18N2O4/c1-3-23-13-7-5-12(6-8-13)16(21)18-19-17(22)14-10-11(2)4-9-15(14)20/h4-10,20H,3H2,1-2H3,(H,18,21)(H,19,22). The first-order chi connectivity index (χ1) is 11.0. The van der Waals surface area contributed by atoms with Crippen molar-refractivity contribution < 1.29 is 19.4 Å². The van der Waals surface area contributed by atoms with E-state index in [1.165, 1.54) is 12.1 Å². The molecule has 0 saturated heterocycles. The predicted molar refractivity (Wildman–Crippen MR) is 85.4 cm³/mol. The highest BCUT2D eigenvalue weighted by atomic mass is 16.5. The van der Waals surface area contributed by atoms with Crippen molar-refractivity contribution in [2.75, 3.05) is 6.61 Å². The van der Waals surface area contributed by atoms with Crippen LogP contribution in [-0.2, 0) is 0 Å². The Morgan fingerprint density at radius 1 is 1.04 bits per heavy atom. The molecule has 0 aliphatic heterocycles. The molecule has 0 bridgehead atoms. The van der Waals surface area contributed by atoms with E-state index in [9.17, 15) is 14.7 Å². The molecule has 3 N–H and O–H groups in total. The van der Waals surface area contributed by atoms with Gasteiger partial charge in [-0.25, -0.2) is 0 Å². The van der Waals surface area contributed by atoms with Crippen molar-refractivity contribution in [3.05, 3.63) is 59.2 Å². The van der Waals surface area contributed by atoms with Crippen molar-refractivity contribution in [1.29, 1.82) is 0 Å². The maximum Gasteiger partial charge on any atom is 0.273 e. The average molecular weight is 314 g/mol. The van der Waals surface area contributed by atoms with E-state index in [1.807, 2.05) is 6.92 Å². The Balaban J connectivity index is 1.98. The van der Waals surface area contributed by atoms with Gasteiger partial charge in [0.2, 0.25) is 0 Å². The molecule has 0 heterocycles. The number of hydrazine groups is 1. The maximum atomic E-state index is 12.0. The largest absolute Gasteiger partial charge is 0.507 e. The van der Waals surface area contributed by atoms with E-state index in [1.54, 1.807) is 37.3 Å². The van der Waals surface area contributed by atoms with Crippen LogP contribution in [0.15, 0.2) is 42.5 Å². The Bertz CT molecular complexity index is 711. The molecule has 6 heteroatoms. The van der Waals surface area contributed by atoms with Crippen LogP contribution in [0.4, 0.5) is 0 Å². The first kappa shape index (κ1) is 16.4. The lowest BCUT2D eigenvalue weighted by molar-refractivity contribution is 0.0845. The molecule has 0 fully saturated rings. The van der Waals surface area contributed by atoms with Gasteiger partial charge in [-0.15, -0.1) is 0 Å². The second-order valence-electron chi connectivity index (χ2n) is 4.89. The van der Waals surface area contributed by atoms with E-state index in [4.69, 9.17) is 4.74 Å². The molecule has 2 rings (SSSR count). The minimum Gasteiger partial charge on any atom is -0.507 e. The Morgan fingerprint density at radius 2 is 1.70 bits per heavy atom. The second-order valence-corrected chi connectivity index (χ2v) is 4.89. The van der Waals surface area contributed by atoms with Crippen molar-refractivity contribution in [3.8, 4) is 11.5 Å². The number of nitrogens with one attached hydrogen (secondary N) is 2. The number of phenols is 1. The normalized spacial score (nSPS) is 10.0. The highest BCUT2D eigenvalue weighted by molar-refractivity contribution is 6.00. The molecule has 0 radical (unpaired) electrons. The first-order valence-corrected chi connectivity index (χ1v) is 7.14. The predicted octanol–water partition coefficient (Wildman–Crippen LogP) is 2.17. The first-order valence-electron chi connectivity index (χ1n) is 7.14. The molecular formula is C17H18N2O4. The van der Waals surface area contributed by atoms with E-state index < -0.39 is 11.8 Å². The monoisotopic (exact) mass is 314 g/mol. The number of aryl methyl sites for hydroxylation is 1. The van der Waals surface area contributed by atoms with Crippen molar-refractivity contribution in [2.24, 2.45) is 0 Å². The average Bonchev–Trinajstić information content (AvgIpc) is 2.55. The fraction of sp³-hybridized carbons (Fsp3) is 0.176. The molecule has 0 spiro atoms. The van der Waals surface area contributed by atoms with E-state index in [0.29, 0.717) is 17.9 Å². The van der Waals surface area contributed by atoms with Gasteiger partial charge in [-0.3, -0.25) is 20.4 Å². The third-order valence-electron chi connectivity index (χ3n) is 3.11. The highest BCUT2D eigenvalue weighted by Gasteiger charge is 2.13. The molecule has 0 saturated carbocycles. The van der Waals surface area contributed by atoms with E-state index >= 15 is 0 Å². The Hall–Kier alpha value is -3.02. The van der Waals surface area contributed by atoms with E-state index in [0.717, 1.165) is 5.56 Å². The Kier molecular flexibility index (Phi) is 5.19. The summed E-state index contributed by atoms with van der Waals surface area (Å²) in [6, 6.07) is 11.2. The summed E-state index contributed by atoms with van der Waals surface area (Å²) < 4.78 is 5.29. The molecular weight excluding hydrogens is 296 g/mol. The number of hydrogen-bond acceptors (Lipinski definition) is 4. The molecule has 0 aliphatic carbocycles. The summed E-state index contributed by atoms with van der Waals surface area (Å²) in [5.74, 6) is -0.541. The van der Waals surface area contributed by atoms with Gasteiger partial charge in [0.25, 0.3) is 11.8 Å². The fourth-order valence-corrected chi connectivity index (χ4v) is 1.95. The highest BCUT2D eigenvalue weighted by Crippen LogP contribution is 2.17. The summed E-state index contributed by atoms with van der Waals surface area (Å²) in [6.45, 7) is 4.22. The van der Waals surface area contributed by atoms with Crippen LogP contribution >= 0.6 is 0 Å². The zero-order chi connectivity index (χ0) is 16.8. The summed E-state index contributed by atoms with van der Waals surface area (Å²) in [5.41, 5.74) is 5.88.